The summed E-state index contributed by atoms with van der Waals surface area (Å²) in [7, 11) is 1.43. The second kappa shape index (κ2) is 8.16. The Hall–Kier alpha value is -1.00. The van der Waals surface area contributed by atoms with Crippen molar-refractivity contribution in [3.8, 4) is 0 Å². The van der Waals surface area contributed by atoms with E-state index in [2.05, 4.69) is 24.4 Å². The summed E-state index contributed by atoms with van der Waals surface area (Å²) in [5.74, 6) is 0.722. The number of aryl methyl sites for hydroxylation is 1. The first-order valence-electron chi connectivity index (χ1n) is 6.18. The molecule has 0 aliphatic rings. The molecule has 100 valence electrons. The molecule has 18 heavy (non-hydrogen) atoms. The number of esters is 1. The molecule has 1 atom stereocenters. The van der Waals surface area contributed by atoms with Gasteiger partial charge in [0.25, 0.3) is 0 Å². The van der Waals surface area contributed by atoms with Gasteiger partial charge in [-0.25, -0.2) is 0 Å². The highest BCUT2D eigenvalue weighted by atomic mass is 32.2. The van der Waals surface area contributed by atoms with Crippen molar-refractivity contribution >= 4 is 17.7 Å². The van der Waals surface area contributed by atoms with Gasteiger partial charge in [0.15, 0.2) is 0 Å². The maximum atomic E-state index is 11.5. The number of nitrogens with one attached hydrogen (secondary N) is 1. The zero-order valence-electron chi connectivity index (χ0n) is 11.2. The molecule has 0 spiro atoms. The molecule has 1 rings (SSSR count). The normalized spacial score (nSPS) is 12.2. The summed E-state index contributed by atoms with van der Waals surface area (Å²) in [5.41, 5.74) is 1.28. The second-order valence-electron chi connectivity index (χ2n) is 4.04. The van der Waals surface area contributed by atoms with Crippen molar-refractivity contribution in [3.05, 3.63) is 29.8 Å². The molecule has 0 aromatic heterocycles. The highest BCUT2D eigenvalue weighted by molar-refractivity contribution is 7.99. The zero-order valence-corrected chi connectivity index (χ0v) is 12.0. The van der Waals surface area contributed by atoms with Crippen LogP contribution in [0.1, 0.15) is 18.9 Å². The van der Waals surface area contributed by atoms with Crippen LogP contribution in [-0.2, 0) is 9.53 Å². The monoisotopic (exact) mass is 267 g/mol. The third-order valence-corrected chi connectivity index (χ3v) is 3.90. The standard InChI is InChI=1S/C14H21NO2S/c1-4-15-12(14(16)17-3)9-10-18-13-8-6-5-7-11(13)2/h5-8,12,15H,4,9-10H2,1-3H3. The van der Waals surface area contributed by atoms with E-state index in [-0.39, 0.29) is 12.0 Å². The summed E-state index contributed by atoms with van der Waals surface area (Å²) in [5, 5.41) is 3.15. The van der Waals surface area contributed by atoms with Crippen molar-refractivity contribution in [1.29, 1.82) is 0 Å². The molecule has 0 heterocycles. The molecule has 0 aliphatic heterocycles. The third kappa shape index (κ3) is 4.70. The van der Waals surface area contributed by atoms with Crippen molar-refractivity contribution in [1.82, 2.24) is 5.32 Å². The minimum atomic E-state index is -0.198. The van der Waals surface area contributed by atoms with E-state index in [0.29, 0.717) is 0 Å². The van der Waals surface area contributed by atoms with E-state index in [4.69, 9.17) is 4.74 Å². The summed E-state index contributed by atoms with van der Waals surface area (Å²) < 4.78 is 4.78. The van der Waals surface area contributed by atoms with Crippen LogP contribution in [0.4, 0.5) is 0 Å². The summed E-state index contributed by atoms with van der Waals surface area (Å²) in [6, 6.07) is 8.09. The number of rotatable bonds is 7. The number of likely N-dealkylation sites (N-methyl/N-ethyl adjacent to an activating group) is 1. The number of hydrogen-bond acceptors (Lipinski definition) is 4. The van der Waals surface area contributed by atoms with Gasteiger partial charge >= 0.3 is 5.97 Å². The molecule has 0 saturated heterocycles. The fourth-order valence-electron chi connectivity index (χ4n) is 1.70. The van der Waals surface area contributed by atoms with Gasteiger partial charge in [0.05, 0.1) is 7.11 Å². The van der Waals surface area contributed by atoms with Crippen LogP contribution >= 0.6 is 11.8 Å². The summed E-state index contributed by atoms with van der Waals surface area (Å²) >= 11 is 1.78. The lowest BCUT2D eigenvalue weighted by Crippen LogP contribution is -2.37. The van der Waals surface area contributed by atoms with Gasteiger partial charge in [0, 0.05) is 10.6 Å². The quantitative estimate of drug-likeness (QED) is 0.609. The minimum absolute atomic E-state index is 0.178. The molecule has 0 bridgehead atoms. The van der Waals surface area contributed by atoms with E-state index >= 15 is 0 Å². The van der Waals surface area contributed by atoms with Gasteiger partial charge in [-0.3, -0.25) is 4.79 Å². The Morgan fingerprint density at radius 2 is 2.17 bits per heavy atom. The molecule has 0 radical (unpaired) electrons. The Morgan fingerprint density at radius 3 is 2.78 bits per heavy atom. The van der Waals surface area contributed by atoms with Crippen LogP contribution in [0.2, 0.25) is 0 Å². The molecule has 3 nitrogen and oxygen atoms in total. The average molecular weight is 267 g/mol. The van der Waals surface area contributed by atoms with Crippen molar-refractivity contribution in [2.45, 2.75) is 31.2 Å². The summed E-state index contributed by atoms with van der Waals surface area (Å²) in [6.07, 6.45) is 0.777. The van der Waals surface area contributed by atoms with E-state index in [9.17, 15) is 4.79 Å². The van der Waals surface area contributed by atoms with Crippen LogP contribution in [0.3, 0.4) is 0 Å². The highest BCUT2D eigenvalue weighted by Crippen LogP contribution is 2.22. The Bertz CT molecular complexity index is 382. The largest absolute Gasteiger partial charge is 0.468 e. The zero-order chi connectivity index (χ0) is 13.4. The molecule has 0 aliphatic carbocycles. The molecule has 1 unspecified atom stereocenters. The Kier molecular flexibility index (Phi) is 6.83. The molecule has 1 aromatic carbocycles. The van der Waals surface area contributed by atoms with Crippen LogP contribution in [0.25, 0.3) is 0 Å². The van der Waals surface area contributed by atoms with Gasteiger partial charge in [-0.2, -0.15) is 0 Å². The number of hydrogen-bond donors (Lipinski definition) is 1. The molecule has 0 fully saturated rings. The highest BCUT2D eigenvalue weighted by Gasteiger charge is 2.17. The first kappa shape index (κ1) is 15.1. The average Bonchev–Trinajstić information content (AvgIpc) is 2.39. The lowest BCUT2D eigenvalue weighted by Gasteiger charge is -2.15. The van der Waals surface area contributed by atoms with E-state index in [1.807, 2.05) is 19.1 Å². The Balaban J connectivity index is 2.44. The first-order chi connectivity index (χ1) is 8.69. The fourth-order valence-corrected chi connectivity index (χ4v) is 2.74. The van der Waals surface area contributed by atoms with E-state index < -0.39 is 0 Å². The molecule has 0 saturated carbocycles. The molecular formula is C14H21NO2S. The Morgan fingerprint density at radius 1 is 1.44 bits per heavy atom. The second-order valence-corrected chi connectivity index (χ2v) is 5.17. The number of carbonyl (C=O) groups excluding carboxylic acids is 1. The molecule has 4 heteroatoms. The van der Waals surface area contributed by atoms with E-state index in [1.54, 1.807) is 11.8 Å². The maximum absolute atomic E-state index is 11.5. The number of methoxy groups -OCH3 is 1. The van der Waals surface area contributed by atoms with Crippen molar-refractivity contribution in [2.75, 3.05) is 19.4 Å². The van der Waals surface area contributed by atoms with Crippen molar-refractivity contribution < 1.29 is 9.53 Å². The number of thioether (sulfide) groups is 1. The summed E-state index contributed by atoms with van der Waals surface area (Å²) in [4.78, 5) is 12.8. The minimum Gasteiger partial charge on any atom is -0.468 e. The van der Waals surface area contributed by atoms with Gasteiger partial charge in [-0.05, 0) is 31.5 Å². The predicted molar refractivity (Wildman–Crippen MR) is 76.0 cm³/mol. The summed E-state index contributed by atoms with van der Waals surface area (Å²) in [6.45, 7) is 4.86. The first-order valence-corrected chi connectivity index (χ1v) is 7.17. The van der Waals surface area contributed by atoms with Gasteiger partial charge < -0.3 is 10.1 Å². The van der Waals surface area contributed by atoms with Crippen LogP contribution < -0.4 is 5.32 Å². The molecule has 1 aromatic rings. The number of ether oxygens (including phenoxy) is 1. The Labute approximate surface area is 113 Å². The molecular weight excluding hydrogens is 246 g/mol. The smallest absolute Gasteiger partial charge is 0.322 e. The van der Waals surface area contributed by atoms with Crippen molar-refractivity contribution in [3.63, 3.8) is 0 Å². The predicted octanol–water partition coefficient (Wildman–Crippen LogP) is 2.63. The van der Waals surface area contributed by atoms with Gasteiger partial charge in [-0.15, -0.1) is 11.8 Å². The maximum Gasteiger partial charge on any atom is 0.322 e. The SMILES string of the molecule is CCNC(CCSc1ccccc1C)C(=O)OC. The van der Waals surface area contributed by atoms with Gasteiger partial charge in [0.1, 0.15) is 6.04 Å². The number of benzene rings is 1. The molecule has 0 amide bonds. The van der Waals surface area contributed by atoms with Gasteiger partial charge in [0.2, 0.25) is 0 Å². The molecule has 1 N–H and O–H groups in total. The van der Waals surface area contributed by atoms with Crippen LogP contribution in [0, 0.1) is 6.92 Å². The van der Waals surface area contributed by atoms with Crippen LogP contribution in [0.5, 0.6) is 0 Å². The fraction of sp³-hybridized carbons (Fsp3) is 0.500. The van der Waals surface area contributed by atoms with E-state index in [0.717, 1.165) is 18.7 Å². The number of carbonyl (C=O) groups is 1. The topological polar surface area (TPSA) is 38.3 Å². The lowest BCUT2D eigenvalue weighted by molar-refractivity contribution is -0.143. The van der Waals surface area contributed by atoms with Crippen molar-refractivity contribution in [2.24, 2.45) is 0 Å². The third-order valence-electron chi connectivity index (χ3n) is 2.69. The van der Waals surface area contributed by atoms with Gasteiger partial charge in [-0.1, -0.05) is 25.1 Å². The lowest BCUT2D eigenvalue weighted by atomic mass is 10.2. The van der Waals surface area contributed by atoms with Crippen LogP contribution in [0.15, 0.2) is 29.2 Å². The van der Waals surface area contributed by atoms with E-state index in [1.165, 1.54) is 17.6 Å². The van der Waals surface area contributed by atoms with Crippen LogP contribution in [-0.4, -0.2) is 31.4 Å².